The Labute approximate surface area is 57.6 Å². The van der Waals surface area contributed by atoms with Gasteiger partial charge in [0.1, 0.15) is 6.10 Å². The molecular weight excluding hydrogens is 170 g/mol. The summed E-state index contributed by atoms with van der Waals surface area (Å²) in [6.45, 7) is 2.33. The van der Waals surface area contributed by atoms with Crippen molar-refractivity contribution in [1.29, 1.82) is 5.26 Å². The maximum Gasteiger partial charge on any atom is 0.141 e. The van der Waals surface area contributed by atoms with E-state index in [1.807, 2.05) is 6.07 Å². The Morgan fingerprint density at radius 1 is 1.88 bits per heavy atom. The van der Waals surface area contributed by atoms with Gasteiger partial charge in [-0.2, -0.15) is 5.26 Å². The van der Waals surface area contributed by atoms with E-state index in [0.29, 0.717) is 6.61 Å². The average Bonchev–Trinajstić information content (AvgIpc) is 1.83. The zero-order chi connectivity index (χ0) is 6.41. The third-order valence-electron chi connectivity index (χ3n) is 0.627. The number of nitriles is 1. The number of halogens is 1. The van der Waals surface area contributed by atoms with Crippen molar-refractivity contribution in [3.63, 3.8) is 0 Å². The predicted molar refractivity (Wildman–Crippen MR) is 34.8 cm³/mol. The lowest BCUT2D eigenvalue weighted by Gasteiger charge is -1.99. The molecule has 0 bridgehead atoms. The van der Waals surface area contributed by atoms with Crippen LogP contribution < -0.4 is 0 Å². The molecule has 2 nitrogen and oxygen atoms in total. The largest absolute Gasteiger partial charge is 0.363 e. The molecule has 0 aromatic heterocycles. The van der Waals surface area contributed by atoms with E-state index in [2.05, 4.69) is 15.9 Å². The number of nitrogens with zero attached hydrogens (tertiary/aromatic N) is 1. The van der Waals surface area contributed by atoms with E-state index in [4.69, 9.17) is 10.00 Å². The van der Waals surface area contributed by atoms with Crippen molar-refractivity contribution in [3.05, 3.63) is 0 Å². The van der Waals surface area contributed by atoms with Crippen molar-refractivity contribution < 1.29 is 4.74 Å². The summed E-state index contributed by atoms with van der Waals surface area (Å²) in [5, 5.41) is 8.96. The molecule has 0 aliphatic carbocycles. The van der Waals surface area contributed by atoms with Gasteiger partial charge in [0.15, 0.2) is 0 Å². The van der Waals surface area contributed by atoms with E-state index in [1.54, 1.807) is 6.92 Å². The van der Waals surface area contributed by atoms with Gasteiger partial charge in [-0.25, -0.2) is 0 Å². The van der Waals surface area contributed by atoms with E-state index in [1.165, 1.54) is 0 Å². The maximum atomic E-state index is 8.17. The standard InChI is InChI=1S/C5H8BrNO/c1-5(4-7)8-3-2-6/h5H,2-3H2,1H3. The molecule has 3 heteroatoms. The summed E-state index contributed by atoms with van der Waals surface area (Å²) in [5.41, 5.74) is 0. The Morgan fingerprint density at radius 2 is 2.50 bits per heavy atom. The summed E-state index contributed by atoms with van der Waals surface area (Å²) in [6.07, 6.45) is -0.271. The number of hydrogen-bond acceptors (Lipinski definition) is 2. The monoisotopic (exact) mass is 177 g/mol. The van der Waals surface area contributed by atoms with Crippen molar-refractivity contribution in [1.82, 2.24) is 0 Å². The smallest absolute Gasteiger partial charge is 0.141 e. The lowest BCUT2D eigenvalue weighted by Crippen LogP contribution is -2.06. The summed E-state index contributed by atoms with van der Waals surface area (Å²) in [4.78, 5) is 0. The Morgan fingerprint density at radius 3 is 2.88 bits per heavy atom. The molecule has 8 heavy (non-hydrogen) atoms. The number of ether oxygens (including phenoxy) is 1. The van der Waals surface area contributed by atoms with Crippen LogP contribution in [0.4, 0.5) is 0 Å². The van der Waals surface area contributed by atoms with Gasteiger partial charge in [0, 0.05) is 5.33 Å². The van der Waals surface area contributed by atoms with Crippen LogP contribution in [0.5, 0.6) is 0 Å². The van der Waals surface area contributed by atoms with Crippen LogP contribution in [-0.4, -0.2) is 18.0 Å². The third kappa shape index (κ3) is 4.10. The highest BCUT2D eigenvalue weighted by atomic mass is 79.9. The van der Waals surface area contributed by atoms with Crippen molar-refractivity contribution in [2.45, 2.75) is 13.0 Å². The molecule has 0 aliphatic heterocycles. The first-order valence-electron chi connectivity index (χ1n) is 2.38. The van der Waals surface area contributed by atoms with Gasteiger partial charge < -0.3 is 4.74 Å². The molecule has 1 atom stereocenters. The topological polar surface area (TPSA) is 33.0 Å². The molecule has 46 valence electrons. The van der Waals surface area contributed by atoms with Crippen molar-refractivity contribution >= 4 is 15.9 Å². The minimum Gasteiger partial charge on any atom is -0.363 e. The Kier molecular flexibility index (Phi) is 5.03. The highest BCUT2D eigenvalue weighted by Crippen LogP contribution is 1.88. The first-order valence-corrected chi connectivity index (χ1v) is 3.50. The molecule has 0 heterocycles. The molecule has 0 spiro atoms. The van der Waals surface area contributed by atoms with Crippen LogP contribution in [0.15, 0.2) is 0 Å². The molecule has 0 saturated heterocycles. The van der Waals surface area contributed by atoms with Gasteiger partial charge >= 0.3 is 0 Å². The van der Waals surface area contributed by atoms with Crippen molar-refractivity contribution in [3.8, 4) is 6.07 Å². The average molecular weight is 178 g/mol. The molecular formula is C5H8BrNO. The molecule has 0 amide bonds. The quantitative estimate of drug-likeness (QED) is 0.610. The fourth-order valence-electron chi connectivity index (χ4n) is 0.259. The third-order valence-corrected chi connectivity index (χ3v) is 0.951. The number of rotatable bonds is 3. The second kappa shape index (κ2) is 5.07. The maximum absolute atomic E-state index is 8.17. The Hall–Kier alpha value is -0.0700. The van der Waals surface area contributed by atoms with Crippen molar-refractivity contribution in [2.24, 2.45) is 0 Å². The van der Waals surface area contributed by atoms with Crippen LogP contribution in [-0.2, 0) is 4.74 Å². The van der Waals surface area contributed by atoms with Crippen LogP contribution >= 0.6 is 15.9 Å². The number of alkyl halides is 1. The van der Waals surface area contributed by atoms with Gasteiger partial charge in [-0.1, -0.05) is 15.9 Å². The van der Waals surface area contributed by atoms with Crippen molar-refractivity contribution in [2.75, 3.05) is 11.9 Å². The zero-order valence-corrected chi connectivity index (χ0v) is 6.31. The van der Waals surface area contributed by atoms with E-state index in [0.717, 1.165) is 5.33 Å². The highest BCUT2D eigenvalue weighted by molar-refractivity contribution is 9.09. The van der Waals surface area contributed by atoms with Gasteiger partial charge in [-0.05, 0) is 6.92 Å². The summed E-state index contributed by atoms with van der Waals surface area (Å²) in [7, 11) is 0. The van der Waals surface area contributed by atoms with Crippen LogP contribution in [0, 0.1) is 11.3 Å². The Balaban J connectivity index is 3.02. The molecule has 0 N–H and O–H groups in total. The fraction of sp³-hybridized carbons (Fsp3) is 0.800. The van der Waals surface area contributed by atoms with Crippen LogP contribution in [0.2, 0.25) is 0 Å². The minimum absolute atomic E-state index is 0.271. The Bertz CT molecular complexity index is 88.9. The van der Waals surface area contributed by atoms with Crippen LogP contribution in [0.1, 0.15) is 6.92 Å². The van der Waals surface area contributed by atoms with Gasteiger partial charge in [-0.15, -0.1) is 0 Å². The van der Waals surface area contributed by atoms with Gasteiger partial charge in [-0.3, -0.25) is 0 Å². The molecule has 0 rings (SSSR count). The molecule has 0 aliphatic rings. The molecule has 1 unspecified atom stereocenters. The number of hydrogen-bond donors (Lipinski definition) is 0. The van der Waals surface area contributed by atoms with E-state index in [9.17, 15) is 0 Å². The molecule has 0 fully saturated rings. The van der Waals surface area contributed by atoms with Crippen LogP contribution in [0.3, 0.4) is 0 Å². The summed E-state index contributed by atoms with van der Waals surface area (Å²) in [6, 6.07) is 1.96. The van der Waals surface area contributed by atoms with Gasteiger partial charge in [0.2, 0.25) is 0 Å². The molecule has 0 aromatic carbocycles. The van der Waals surface area contributed by atoms with E-state index >= 15 is 0 Å². The minimum atomic E-state index is -0.271. The lowest BCUT2D eigenvalue weighted by atomic mass is 10.5. The molecule has 0 radical (unpaired) electrons. The van der Waals surface area contributed by atoms with Crippen LogP contribution in [0.25, 0.3) is 0 Å². The zero-order valence-electron chi connectivity index (χ0n) is 4.72. The molecule has 0 saturated carbocycles. The van der Waals surface area contributed by atoms with Gasteiger partial charge in [0.05, 0.1) is 12.7 Å². The second-order valence-electron chi connectivity index (χ2n) is 1.33. The second-order valence-corrected chi connectivity index (χ2v) is 2.12. The first kappa shape index (κ1) is 7.93. The fourth-order valence-corrected chi connectivity index (χ4v) is 0.445. The van der Waals surface area contributed by atoms with E-state index in [-0.39, 0.29) is 6.10 Å². The van der Waals surface area contributed by atoms with Gasteiger partial charge in [0.25, 0.3) is 0 Å². The predicted octanol–water partition coefficient (Wildman–Crippen LogP) is 1.31. The highest BCUT2D eigenvalue weighted by Gasteiger charge is 1.94. The summed E-state index contributed by atoms with van der Waals surface area (Å²) >= 11 is 3.17. The van der Waals surface area contributed by atoms with E-state index < -0.39 is 0 Å². The normalized spacial score (nSPS) is 12.6. The molecule has 0 aromatic rings. The summed E-state index contributed by atoms with van der Waals surface area (Å²) in [5.74, 6) is 0. The summed E-state index contributed by atoms with van der Waals surface area (Å²) < 4.78 is 4.93. The first-order chi connectivity index (χ1) is 3.81. The lowest BCUT2D eigenvalue weighted by molar-refractivity contribution is 0.117. The SMILES string of the molecule is CC(C#N)OCCBr.